The van der Waals surface area contributed by atoms with E-state index in [1.165, 1.54) is 23.1 Å². The molecule has 160 valence electrons. The summed E-state index contributed by atoms with van der Waals surface area (Å²) in [6, 6.07) is 10.3. The lowest BCUT2D eigenvalue weighted by Gasteiger charge is -2.36. The second-order valence-electron chi connectivity index (χ2n) is 7.95. The number of amides is 3. The molecule has 0 saturated heterocycles. The largest absolute Gasteiger partial charge is 0.492 e. The van der Waals surface area contributed by atoms with Gasteiger partial charge in [-0.25, -0.2) is 14.0 Å². The summed E-state index contributed by atoms with van der Waals surface area (Å²) in [7, 11) is 0. The summed E-state index contributed by atoms with van der Waals surface area (Å²) in [5, 5.41) is 9.21. The van der Waals surface area contributed by atoms with Crippen molar-refractivity contribution < 1.29 is 28.6 Å². The molecule has 0 saturated carbocycles. The van der Waals surface area contributed by atoms with Gasteiger partial charge in [-0.1, -0.05) is 12.1 Å². The SMILES string of the molecule is CC(C)(C)OC(=O)N1C(=O)N(CCOc2cccc(CO)c2)Cc2cc(F)ccc21. The van der Waals surface area contributed by atoms with Crippen molar-refractivity contribution in [2.24, 2.45) is 0 Å². The van der Waals surface area contributed by atoms with Crippen LogP contribution in [0, 0.1) is 5.82 Å². The number of imide groups is 1. The van der Waals surface area contributed by atoms with Crippen molar-refractivity contribution in [3.63, 3.8) is 0 Å². The molecule has 7 nitrogen and oxygen atoms in total. The Morgan fingerprint density at radius 2 is 1.97 bits per heavy atom. The van der Waals surface area contributed by atoms with E-state index in [-0.39, 0.29) is 26.3 Å². The molecule has 0 aromatic heterocycles. The van der Waals surface area contributed by atoms with Crippen LogP contribution in [0.4, 0.5) is 19.7 Å². The van der Waals surface area contributed by atoms with Gasteiger partial charge >= 0.3 is 12.1 Å². The van der Waals surface area contributed by atoms with Crippen molar-refractivity contribution in [2.75, 3.05) is 18.1 Å². The zero-order valence-electron chi connectivity index (χ0n) is 17.2. The molecule has 0 unspecified atom stereocenters. The molecule has 30 heavy (non-hydrogen) atoms. The number of hydrogen-bond acceptors (Lipinski definition) is 5. The van der Waals surface area contributed by atoms with E-state index in [2.05, 4.69) is 0 Å². The van der Waals surface area contributed by atoms with Crippen LogP contribution in [0.1, 0.15) is 31.9 Å². The van der Waals surface area contributed by atoms with E-state index in [9.17, 15) is 19.1 Å². The Morgan fingerprint density at radius 1 is 1.20 bits per heavy atom. The number of carbonyl (C=O) groups excluding carboxylic acids is 2. The molecule has 3 rings (SSSR count). The number of halogens is 1. The molecular formula is C22H25FN2O5. The molecule has 0 bridgehead atoms. The Bertz CT molecular complexity index is 941. The van der Waals surface area contributed by atoms with Gasteiger partial charge in [-0.3, -0.25) is 0 Å². The van der Waals surface area contributed by atoms with Crippen LogP contribution in [-0.4, -0.2) is 40.9 Å². The molecule has 0 spiro atoms. The van der Waals surface area contributed by atoms with Crippen LogP contribution >= 0.6 is 0 Å². The number of anilines is 1. The lowest BCUT2D eigenvalue weighted by atomic mass is 10.1. The van der Waals surface area contributed by atoms with Gasteiger partial charge in [0.25, 0.3) is 0 Å². The lowest BCUT2D eigenvalue weighted by Crippen LogP contribution is -2.52. The minimum absolute atomic E-state index is 0.102. The molecule has 0 fully saturated rings. The third-order valence-electron chi connectivity index (χ3n) is 4.39. The third kappa shape index (κ3) is 5.07. The predicted octanol–water partition coefficient (Wildman–Crippen LogP) is 4.07. The molecule has 0 atom stereocenters. The minimum Gasteiger partial charge on any atom is -0.492 e. The number of aliphatic hydroxyl groups excluding tert-OH is 1. The molecular weight excluding hydrogens is 391 g/mol. The van der Waals surface area contributed by atoms with Crippen LogP contribution in [-0.2, 0) is 17.9 Å². The number of aliphatic hydroxyl groups is 1. The van der Waals surface area contributed by atoms with Gasteiger partial charge in [-0.2, -0.15) is 4.90 Å². The second kappa shape index (κ2) is 8.71. The van der Waals surface area contributed by atoms with Crippen molar-refractivity contribution in [1.82, 2.24) is 4.90 Å². The van der Waals surface area contributed by atoms with Gasteiger partial charge in [0.1, 0.15) is 23.8 Å². The van der Waals surface area contributed by atoms with Gasteiger partial charge in [-0.15, -0.1) is 0 Å². The molecule has 2 aromatic carbocycles. The number of nitrogens with zero attached hydrogens (tertiary/aromatic N) is 2. The average Bonchev–Trinajstić information content (AvgIpc) is 2.67. The Balaban J connectivity index is 1.77. The van der Waals surface area contributed by atoms with Crippen LogP contribution in [0.3, 0.4) is 0 Å². The highest BCUT2D eigenvalue weighted by molar-refractivity contribution is 6.13. The average molecular weight is 416 g/mol. The first-order chi connectivity index (χ1) is 14.2. The Hall–Kier alpha value is -3.13. The topological polar surface area (TPSA) is 79.3 Å². The normalized spacial score (nSPS) is 13.8. The molecule has 0 aliphatic carbocycles. The summed E-state index contributed by atoms with van der Waals surface area (Å²) in [4.78, 5) is 28.0. The number of urea groups is 1. The highest BCUT2D eigenvalue weighted by Crippen LogP contribution is 2.30. The molecule has 0 radical (unpaired) electrons. The van der Waals surface area contributed by atoms with E-state index in [0.717, 1.165) is 4.90 Å². The fraction of sp³-hybridized carbons (Fsp3) is 0.364. The van der Waals surface area contributed by atoms with Gasteiger partial charge in [0.05, 0.1) is 18.8 Å². The fourth-order valence-corrected chi connectivity index (χ4v) is 3.08. The number of fused-ring (bicyclic) bond motifs is 1. The van der Waals surface area contributed by atoms with Crippen LogP contribution in [0.5, 0.6) is 5.75 Å². The summed E-state index contributed by atoms with van der Waals surface area (Å²) in [6.45, 7) is 5.50. The maximum atomic E-state index is 13.8. The lowest BCUT2D eigenvalue weighted by molar-refractivity contribution is 0.0577. The summed E-state index contributed by atoms with van der Waals surface area (Å²) < 4.78 is 24.8. The summed E-state index contributed by atoms with van der Waals surface area (Å²) >= 11 is 0. The van der Waals surface area contributed by atoms with Gasteiger partial charge in [0.15, 0.2) is 0 Å². The maximum absolute atomic E-state index is 13.8. The van der Waals surface area contributed by atoms with E-state index in [1.54, 1.807) is 45.0 Å². The van der Waals surface area contributed by atoms with E-state index < -0.39 is 23.5 Å². The summed E-state index contributed by atoms with van der Waals surface area (Å²) in [6.07, 6.45) is -0.818. The Labute approximate surface area is 174 Å². The first-order valence-electron chi connectivity index (χ1n) is 9.61. The van der Waals surface area contributed by atoms with E-state index in [1.807, 2.05) is 0 Å². The van der Waals surface area contributed by atoms with Gasteiger partial charge in [-0.05, 0) is 62.2 Å². The number of benzene rings is 2. The van der Waals surface area contributed by atoms with Gasteiger partial charge in [0, 0.05) is 6.54 Å². The first kappa shape index (κ1) is 21.6. The smallest absolute Gasteiger partial charge is 0.423 e. The van der Waals surface area contributed by atoms with Crippen molar-refractivity contribution in [2.45, 2.75) is 39.5 Å². The minimum atomic E-state index is -0.818. The molecule has 1 N–H and O–H groups in total. The number of rotatable bonds is 5. The van der Waals surface area contributed by atoms with Gasteiger partial charge in [0.2, 0.25) is 0 Å². The molecule has 1 aliphatic rings. The molecule has 8 heteroatoms. The van der Waals surface area contributed by atoms with E-state index in [0.29, 0.717) is 22.6 Å². The Morgan fingerprint density at radius 3 is 2.67 bits per heavy atom. The second-order valence-corrected chi connectivity index (χ2v) is 7.95. The zero-order valence-corrected chi connectivity index (χ0v) is 17.2. The standard InChI is InChI=1S/C22H25FN2O5/c1-22(2,3)30-21(28)25-19-8-7-17(23)12-16(19)13-24(20(25)27)9-10-29-18-6-4-5-15(11-18)14-26/h4-8,11-12,26H,9-10,13-14H2,1-3H3. The van der Waals surface area contributed by atoms with E-state index in [4.69, 9.17) is 9.47 Å². The van der Waals surface area contributed by atoms with Crippen molar-refractivity contribution >= 4 is 17.8 Å². The van der Waals surface area contributed by atoms with Crippen LogP contribution in [0.2, 0.25) is 0 Å². The number of ether oxygens (including phenoxy) is 2. The van der Waals surface area contributed by atoms with Crippen molar-refractivity contribution in [3.8, 4) is 5.75 Å². The third-order valence-corrected chi connectivity index (χ3v) is 4.39. The monoisotopic (exact) mass is 416 g/mol. The van der Waals surface area contributed by atoms with Crippen LogP contribution in [0.25, 0.3) is 0 Å². The number of carbonyl (C=O) groups is 2. The first-order valence-corrected chi connectivity index (χ1v) is 9.61. The maximum Gasteiger partial charge on any atom is 0.423 e. The highest BCUT2D eigenvalue weighted by Gasteiger charge is 2.37. The van der Waals surface area contributed by atoms with E-state index >= 15 is 0 Å². The van der Waals surface area contributed by atoms with Crippen LogP contribution in [0.15, 0.2) is 42.5 Å². The number of hydrogen-bond donors (Lipinski definition) is 1. The quantitative estimate of drug-likeness (QED) is 0.795. The van der Waals surface area contributed by atoms with Crippen LogP contribution < -0.4 is 9.64 Å². The van der Waals surface area contributed by atoms with Crippen molar-refractivity contribution in [1.29, 1.82) is 0 Å². The summed E-state index contributed by atoms with van der Waals surface area (Å²) in [5.74, 6) is 0.103. The predicted molar refractivity (Wildman–Crippen MR) is 109 cm³/mol. The van der Waals surface area contributed by atoms with Gasteiger partial charge < -0.3 is 19.5 Å². The summed E-state index contributed by atoms with van der Waals surface area (Å²) in [5.41, 5.74) is 0.731. The molecule has 1 heterocycles. The fourth-order valence-electron chi connectivity index (χ4n) is 3.08. The highest BCUT2D eigenvalue weighted by atomic mass is 19.1. The molecule has 3 amide bonds. The molecule has 2 aromatic rings. The van der Waals surface area contributed by atoms with Crippen molar-refractivity contribution in [3.05, 3.63) is 59.4 Å². The zero-order chi connectivity index (χ0) is 21.9. The Kier molecular flexibility index (Phi) is 6.26. The molecule has 1 aliphatic heterocycles.